The molecular formula is C29H28F3N3O8. The number of carboxylic acids is 1. The molecule has 4 rings (SSSR count). The molecule has 3 aromatic carbocycles. The van der Waals surface area contributed by atoms with Crippen molar-refractivity contribution in [1.29, 1.82) is 5.41 Å². The summed E-state index contributed by atoms with van der Waals surface area (Å²) < 4.78 is 54.4. The van der Waals surface area contributed by atoms with Crippen LogP contribution in [0.15, 0.2) is 72.8 Å². The van der Waals surface area contributed by atoms with E-state index in [-0.39, 0.29) is 38.3 Å². The first-order chi connectivity index (χ1) is 20.4. The molecule has 228 valence electrons. The van der Waals surface area contributed by atoms with Gasteiger partial charge in [0.15, 0.2) is 17.6 Å². The van der Waals surface area contributed by atoms with Crippen LogP contribution in [0.5, 0.6) is 17.2 Å². The number of esters is 1. The number of hydrogen-bond acceptors (Lipinski definition) is 8. The van der Waals surface area contributed by atoms with Gasteiger partial charge in [0.25, 0.3) is 0 Å². The van der Waals surface area contributed by atoms with Gasteiger partial charge in [-0.3, -0.25) is 15.1 Å². The number of amidine groups is 1. The number of benzene rings is 3. The molecule has 3 aromatic rings. The summed E-state index contributed by atoms with van der Waals surface area (Å²) in [7, 11) is 0. The van der Waals surface area contributed by atoms with Crippen LogP contribution in [0, 0.1) is 5.41 Å². The molecule has 1 atom stereocenters. The van der Waals surface area contributed by atoms with E-state index in [0.717, 1.165) is 5.56 Å². The van der Waals surface area contributed by atoms with Gasteiger partial charge in [-0.1, -0.05) is 30.3 Å². The van der Waals surface area contributed by atoms with Crippen LogP contribution in [0.4, 0.5) is 18.9 Å². The van der Waals surface area contributed by atoms with Gasteiger partial charge in [0.2, 0.25) is 0 Å². The smallest absolute Gasteiger partial charge is 0.490 e. The molecule has 0 aromatic heterocycles. The maximum Gasteiger partial charge on any atom is 0.490 e. The molecule has 1 aliphatic heterocycles. The van der Waals surface area contributed by atoms with Gasteiger partial charge >= 0.3 is 24.0 Å². The van der Waals surface area contributed by atoms with E-state index in [2.05, 4.69) is 0 Å². The lowest BCUT2D eigenvalue weighted by Gasteiger charge is -2.28. The molecular weight excluding hydrogens is 575 g/mol. The van der Waals surface area contributed by atoms with Gasteiger partial charge in [-0.05, 0) is 48.9 Å². The third kappa shape index (κ3) is 9.38. The molecule has 0 unspecified atom stereocenters. The lowest BCUT2D eigenvalue weighted by molar-refractivity contribution is -0.192. The number of halogens is 3. The number of nitrogens with zero attached hydrogens (tertiary/aromatic N) is 1. The number of carbonyl (C=O) groups is 3. The SMILES string of the molecule is CCOC(=O)C(=O)N(Cc1ccccc1)c1ccc2c(c1)OC[C@H](COc1ccc(C(=N)N)cc1)O2.O=C(O)C(F)(F)F. The highest BCUT2D eigenvalue weighted by molar-refractivity contribution is 6.38. The summed E-state index contributed by atoms with van der Waals surface area (Å²) >= 11 is 0. The van der Waals surface area contributed by atoms with Crippen LogP contribution >= 0.6 is 0 Å². The summed E-state index contributed by atoms with van der Waals surface area (Å²) in [6, 6.07) is 21.4. The van der Waals surface area contributed by atoms with Crippen molar-refractivity contribution in [2.24, 2.45) is 5.73 Å². The van der Waals surface area contributed by atoms with E-state index in [4.69, 9.17) is 40.0 Å². The van der Waals surface area contributed by atoms with E-state index >= 15 is 0 Å². The molecule has 1 heterocycles. The van der Waals surface area contributed by atoms with Crippen molar-refractivity contribution in [3.63, 3.8) is 0 Å². The Morgan fingerprint density at radius 2 is 1.70 bits per heavy atom. The van der Waals surface area contributed by atoms with E-state index in [1.165, 1.54) is 4.90 Å². The maximum atomic E-state index is 12.9. The summed E-state index contributed by atoms with van der Waals surface area (Å²) in [4.78, 5) is 35.4. The predicted molar refractivity (Wildman–Crippen MR) is 147 cm³/mol. The number of amides is 1. The number of carbonyl (C=O) groups excluding carboxylic acids is 2. The van der Waals surface area contributed by atoms with E-state index in [1.807, 2.05) is 30.3 Å². The number of aliphatic carboxylic acids is 1. The van der Waals surface area contributed by atoms with E-state index in [9.17, 15) is 22.8 Å². The van der Waals surface area contributed by atoms with Crippen molar-refractivity contribution in [1.82, 2.24) is 0 Å². The molecule has 0 bridgehead atoms. The Morgan fingerprint density at radius 3 is 2.28 bits per heavy atom. The quantitative estimate of drug-likeness (QED) is 0.150. The Kier molecular flexibility index (Phi) is 10.9. The Balaban J connectivity index is 0.000000646. The summed E-state index contributed by atoms with van der Waals surface area (Å²) in [6.45, 7) is 2.44. The first-order valence-electron chi connectivity index (χ1n) is 12.7. The Labute approximate surface area is 244 Å². The molecule has 0 saturated heterocycles. The van der Waals surface area contributed by atoms with E-state index in [1.54, 1.807) is 49.4 Å². The van der Waals surface area contributed by atoms with Crippen LogP contribution in [0.3, 0.4) is 0 Å². The molecule has 43 heavy (non-hydrogen) atoms. The fourth-order valence-electron chi connectivity index (χ4n) is 3.62. The highest BCUT2D eigenvalue weighted by Gasteiger charge is 2.38. The highest BCUT2D eigenvalue weighted by Crippen LogP contribution is 2.36. The minimum Gasteiger partial charge on any atom is -0.490 e. The van der Waals surface area contributed by atoms with Gasteiger partial charge in [-0.2, -0.15) is 13.2 Å². The van der Waals surface area contributed by atoms with Crippen molar-refractivity contribution in [3.05, 3.63) is 83.9 Å². The van der Waals surface area contributed by atoms with Crippen molar-refractivity contribution in [3.8, 4) is 17.2 Å². The van der Waals surface area contributed by atoms with E-state index in [0.29, 0.717) is 28.5 Å². The van der Waals surface area contributed by atoms with E-state index < -0.39 is 24.0 Å². The van der Waals surface area contributed by atoms with Crippen LogP contribution in [0.1, 0.15) is 18.1 Å². The molecule has 4 N–H and O–H groups in total. The number of anilines is 1. The monoisotopic (exact) mass is 603 g/mol. The molecule has 0 saturated carbocycles. The van der Waals surface area contributed by atoms with Gasteiger partial charge < -0.3 is 29.8 Å². The van der Waals surface area contributed by atoms with Crippen LogP contribution in [0.2, 0.25) is 0 Å². The lowest BCUT2D eigenvalue weighted by atomic mass is 10.1. The van der Waals surface area contributed by atoms with Crippen molar-refractivity contribution in [2.45, 2.75) is 25.7 Å². The molecule has 0 radical (unpaired) electrons. The Hall–Kier alpha value is -5.27. The normalized spacial score (nSPS) is 13.5. The van der Waals surface area contributed by atoms with Crippen LogP contribution in [-0.4, -0.2) is 60.9 Å². The summed E-state index contributed by atoms with van der Waals surface area (Å²) in [5.41, 5.74) is 7.44. The zero-order chi connectivity index (χ0) is 31.6. The third-order valence-electron chi connectivity index (χ3n) is 5.68. The second-order valence-corrected chi connectivity index (χ2v) is 8.83. The van der Waals surface area contributed by atoms with Crippen molar-refractivity contribution < 1.29 is 51.6 Å². The number of hydrogen-bond donors (Lipinski definition) is 3. The largest absolute Gasteiger partial charge is 0.490 e. The standard InChI is InChI=1S/C27H27N3O6.C2HF3O2/c1-2-33-27(32)26(31)30(15-18-6-4-3-5-7-18)20-10-13-23-24(14-20)35-17-22(36-23)16-34-21-11-8-19(9-12-21)25(28)29;3-2(4,5)1(6)7/h3-14,22H,2,15-17H2,1H3,(H3,28,29);(H,6,7)/t22-;/m0./s1. The van der Waals surface area contributed by atoms with Crippen LogP contribution in [-0.2, 0) is 25.7 Å². The van der Waals surface area contributed by atoms with Crippen molar-refractivity contribution >= 4 is 29.4 Å². The van der Waals surface area contributed by atoms with Gasteiger partial charge in [0.1, 0.15) is 24.8 Å². The minimum atomic E-state index is -5.08. The first-order valence-corrected chi connectivity index (χ1v) is 12.7. The maximum absolute atomic E-state index is 12.9. The Morgan fingerprint density at radius 1 is 1.05 bits per heavy atom. The zero-order valence-electron chi connectivity index (χ0n) is 22.8. The number of carboxylic acid groups (broad SMARTS) is 1. The fourth-order valence-corrected chi connectivity index (χ4v) is 3.62. The lowest BCUT2D eigenvalue weighted by Crippen LogP contribution is -2.38. The van der Waals surface area contributed by atoms with Crippen LogP contribution < -0.4 is 24.8 Å². The molecule has 0 spiro atoms. The topological polar surface area (TPSA) is 161 Å². The predicted octanol–water partition coefficient (Wildman–Crippen LogP) is 3.92. The van der Waals surface area contributed by atoms with Crippen molar-refractivity contribution in [2.75, 3.05) is 24.7 Å². The van der Waals surface area contributed by atoms with Gasteiger partial charge in [0, 0.05) is 17.3 Å². The molecule has 0 aliphatic carbocycles. The molecule has 11 nitrogen and oxygen atoms in total. The number of nitrogens with two attached hydrogens (primary N) is 1. The summed E-state index contributed by atoms with van der Waals surface area (Å²) in [5.74, 6) is -2.85. The minimum absolute atomic E-state index is 0.00664. The number of fused-ring (bicyclic) bond motifs is 1. The number of nitrogen functional groups attached to an aromatic ring is 1. The van der Waals surface area contributed by atoms with Gasteiger partial charge in [0.05, 0.1) is 13.2 Å². The summed E-state index contributed by atoms with van der Waals surface area (Å²) in [6.07, 6.45) is -5.43. The molecule has 1 aliphatic rings. The summed E-state index contributed by atoms with van der Waals surface area (Å²) in [5, 5.41) is 14.6. The van der Waals surface area contributed by atoms with Gasteiger partial charge in [-0.25, -0.2) is 9.59 Å². The second kappa shape index (κ2) is 14.6. The zero-order valence-corrected chi connectivity index (χ0v) is 22.8. The van der Waals surface area contributed by atoms with Crippen LogP contribution in [0.25, 0.3) is 0 Å². The average molecular weight is 604 g/mol. The number of rotatable bonds is 8. The third-order valence-corrected chi connectivity index (χ3v) is 5.68. The number of alkyl halides is 3. The van der Waals surface area contributed by atoms with Gasteiger partial charge in [-0.15, -0.1) is 0 Å². The average Bonchev–Trinajstić information content (AvgIpc) is 2.99. The molecule has 14 heteroatoms. The number of nitrogens with one attached hydrogen (secondary N) is 1. The molecule has 1 amide bonds. The Bertz CT molecular complexity index is 1430. The second-order valence-electron chi connectivity index (χ2n) is 8.83. The molecule has 0 fully saturated rings. The highest BCUT2D eigenvalue weighted by atomic mass is 19.4. The fraction of sp³-hybridized carbons (Fsp3) is 0.241. The number of ether oxygens (including phenoxy) is 4. The first kappa shape index (κ1) is 32.2.